The highest BCUT2D eigenvalue weighted by molar-refractivity contribution is 5.98. The van der Waals surface area contributed by atoms with Crippen LogP contribution in [0.5, 0.6) is 0 Å². The van der Waals surface area contributed by atoms with Gasteiger partial charge in [0.1, 0.15) is 5.82 Å². The summed E-state index contributed by atoms with van der Waals surface area (Å²) in [5.74, 6) is -1.98. The molecule has 0 bridgehead atoms. The fraction of sp³-hybridized carbons (Fsp3) is 0.533. The molecular formula is C15H18F4O. The van der Waals surface area contributed by atoms with Gasteiger partial charge in [0, 0.05) is 11.5 Å². The van der Waals surface area contributed by atoms with Gasteiger partial charge in [-0.05, 0) is 31.0 Å². The maximum absolute atomic E-state index is 13.2. The van der Waals surface area contributed by atoms with Gasteiger partial charge < -0.3 is 0 Å². The topological polar surface area (TPSA) is 17.1 Å². The number of benzene rings is 1. The third-order valence-electron chi connectivity index (χ3n) is 3.20. The van der Waals surface area contributed by atoms with Crippen LogP contribution in [0.25, 0.3) is 0 Å². The van der Waals surface area contributed by atoms with Crippen LogP contribution in [0.3, 0.4) is 0 Å². The van der Waals surface area contributed by atoms with Crippen molar-refractivity contribution in [2.45, 2.75) is 45.7 Å². The van der Waals surface area contributed by atoms with Crippen molar-refractivity contribution < 1.29 is 22.4 Å². The van der Waals surface area contributed by atoms with Gasteiger partial charge in [-0.25, -0.2) is 4.39 Å². The Hall–Kier alpha value is -1.39. The first kappa shape index (κ1) is 16.7. The van der Waals surface area contributed by atoms with Crippen molar-refractivity contribution in [3.8, 4) is 0 Å². The van der Waals surface area contributed by atoms with Crippen molar-refractivity contribution in [1.29, 1.82) is 0 Å². The standard InChI is InChI=1S/C15H18F4O/c1-3-5-10(6-4-2)14(20)11-7-8-13(16)12(9-11)15(17,18)19/h7-10H,3-6H2,1-2H3. The molecule has 0 radical (unpaired) electrons. The van der Waals surface area contributed by atoms with E-state index >= 15 is 0 Å². The predicted octanol–water partition coefficient (Wildman–Crippen LogP) is 5.24. The number of alkyl halides is 3. The van der Waals surface area contributed by atoms with E-state index in [1.807, 2.05) is 13.8 Å². The second kappa shape index (κ2) is 6.86. The lowest BCUT2D eigenvalue weighted by Crippen LogP contribution is -2.17. The van der Waals surface area contributed by atoms with Gasteiger partial charge in [0.2, 0.25) is 0 Å². The molecule has 1 aromatic carbocycles. The highest BCUT2D eigenvalue weighted by Crippen LogP contribution is 2.32. The van der Waals surface area contributed by atoms with Crippen LogP contribution < -0.4 is 0 Å². The number of rotatable bonds is 6. The summed E-state index contributed by atoms with van der Waals surface area (Å²) in [7, 11) is 0. The number of Topliss-reactive ketones (excluding diaryl/α,β-unsaturated/α-hetero) is 1. The first-order valence-corrected chi connectivity index (χ1v) is 6.72. The Morgan fingerprint density at radius 2 is 1.70 bits per heavy atom. The van der Waals surface area contributed by atoms with Crippen molar-refractivity contribution in [2.75, 3.05) is 0 Å². The fourth-order valence-corrected chi connectivity index (χ4v) is 2.23. The van der Waals surface area contributed by atoms with Gasteiger partial charge in [0.05, 0.1) is 5.56 Å². The molecule has 0 saturated carbocycles. The highest BCUT2D eigenvalue weighted by atomic mass is 19.4. The molecule has 0 unspecified atom stereocenters. The molecule has 0 aliphatic rings. The van der Waals surface area contributed by atoms with Crippen LogP contribution in [0.4, 0.5) is 17.6 Å². The smallest absolute Gasteiger partial charge is 0.294 e. The van der Waals surface area contributed by atoms with Gasteiger partial charge in [0.15, 0.2) is 5.78 Å². The van der Waals surface area contributed by atoms with Crippen LogP contribution in [0.2, 0.25) is 0 Å². The number of hydrogen-bond donors (Lipinski definition) is 0. The Morgan fingerprint density at radius 1 is 1.15 bits per heavy atom. The van der Waals surface area contributed by atoms with E-state index in [1.54, 1.807) is 0 Å². The average molecular weight is 290 g/mol. The lowest BCUT2D eigenvalue weighted by Gasteiger charge is -2.15. The molecule has 0 spiro atoms. The van der Waals surface area contributed by atoms with Gasteiger partial charge in [-0.2, -0.15) is 13.2 Å². The Balaban J connectivity index is 3.10. The Kier molecular flexibility index (Phi) is 5.72. The van der Waals surface area contributed by atoms with E-state index in [0.717, 1.165) is 18.9 Å². The first-order chi connectivity index (χ1) is 9.31. The molecule has 20 heavy (non-hydrogen) atoms. The van der Waals surface area contributed by atoms with Gasteiger partial charge in [0.25, 0.3) is 0 Å². The Morgan fingerprint density at radius 3 is 2.15 bits per heavy atom. The number of carbonyl (C=O) groups is 1. The van der Waals surface area contributed by atoms with Crippen LogP contribution in [0.15, 0.2) is 18.2 Å². The summed E-state index contributed by atoms with van der Waals surface area (Å²) in [4.78, 5) is 12.2. The molecule has 0 aromatic heterocycles. The molecule has 0 atom stereocenters. The molecule has 0 saturated heterocycles. The zero-order valence-corrected chi connectivity index (χ0v) is 11.6. The molecule has 0 amide bonds. The monoisotopic (exact) mass is 290 g/mol. The lowest BCUT2D eigenvalue weighted by molar-refractivity contribution is -0.140. The van der Waals surface area contributed by atoms with E-state index in [4.69, 9.17) is 0 Å². The van der Waals surface area contributed by atoms with E-state index < -0.39 is 17.6 Å². The molecule has 0 heterocycles. The van der Waals surface area contributed by atoms with Crippen molar-refractivity contribution in [3.63, 3.8) is 0 Å². The van der Waals surface area contributed by atoms with Gasteiger partial charge >= 0.3 is 6.18 Å². The number of ketones is 1. The molecule has 112 valence electrons. The Labute approximate surface area is 116 Å². The van der Waals surface area contributed by atoms with Gasteiger partial charge in [-0.3, -0.25) is 4.79 Å². The normalized spacial score (nSPS) is 11.9. The molecule has 1 nitrogen and oxygen atoms in total. The molecule has 0 fully saturated rings. The van der Waals surface area contributed by atoms with E-state index in [-0.39, 0.29) is 17.3 Å². The second-order valence-corrected chi connectivity index (χ2v) is 4.83. The zero-order chi connectivity index (χ0) is 15.3. The van der Waals surface area contributed by atoms with E-state index in [2.05, 4.69) is 0 Å². The predicted molar refractivity (Wildman–Crippen MR) is 69.0 cm³/mol. The van der Waals surface area contributed by atoms with Crippen LogP contribution in [0.1, 0.15) is 55.5 Å². The van der Waals surface area contributed by atoms with Crippen molar-refractivity contribution in [1.82, 2.24) is 0 Å². The minimum absolute atomic E-state index is 0.0642. The summed E-state index contributed by atoms with van der Waals surface area (Å²) in [5.41, 5.74) is -1.44. The zero-order valence-electron chi connectivity index (χ0n) is 11.6. The van der Waals surface area contributed by atoms with Crippen LogP contribution in [-0.4, -0.2) is 5.78 Å². The average Bonchev–Trinajstić information content (AvgIpc) is 2.37. The van der Waals surface area contributed by atoms with Crippen molar-refractivity contribution in [3.05, 3.63) is 35.1 Å². The molecule has 0 N–H and O–H groups in total. The minimum Gasteiger partial charge on any atom is -0.294 e. The summed E-state index contributed by atoms with van der Waals surface area (Å²) in [6.07, 6.45) is -1.96. The number of halogens is 4. The van der Waals surface area contributed by atoms with Crippen molar-refractivity contribution >= 4 is 5.78 Å². The van der Waals surface area contributed by atoms with E-state index in [0.29, 0.717) is 25.0 Å². The summed E-state index contributed by atoms with van der Waals surface area (Å²) < 4.78 is 51.1. The number of carbonyl (C=O) groups excluding carboxylic acids is 1. The summed E-state index contributed by atoms with van der Waals surface area (Å²) in [6.45, 7) is 3.84. The largest absolute Gasteiger partial charge is 0.419 e. The lowest BCUT2D eigenvalue weighted by atomic mass is 9.89. The third kappa shape index (κ3) is 4.05. The van der Waals surface area contributed by atoms with Crippen LogP contribution in [0, 0.1) is 11.7 Å². The van der Waals surface area contributed by atoms with E-state index in [9.17, 15) is 22.4 Å². The minimum atomic E-state index is -4.79. The van der Waals surface area contributed by atoms with Gasteiger partial charge in [-0.1, -0.05) is 26.7 Å². The molecule has 1 rings (SSSR count). The molecule has 1 aromatic rings. The SMILES string of the molecule is CCCC(CCC)C(=O)c1ccc(F)c(C(F)(F)F)c1. The fourth-order valence-electron chi connectivity index (χ4n) is 2.23. The Bertz CT molecular complexity index is 459. The highest BCUT2D eigenvalue weighted by Gasteiger charge is 2.35. The second-order valence-electron chi connectivity index (χ2n) is 4.83. The molecule has 5 heteroatoms. The van der Waals surface area contributed by atoms with Gasteiger partial charge in [-0.15, -0.1) is 0 Å². The molecule has 0 aliphatic heterocycles. The summed E-state index contributed by atoms with van der Waals surface area (Å²) in [6, 6.07) is 2.46. The van der Waals surface area contributed by atoms with Crippen LogP contribution >= 0.6 is 0 Å². The third-order valence-corrected chi connectivity index (χ3v) is 3.20. The van der Waals surface area contributed by atoms with Crippen molar-refractivity contribution in [2.24, 2.45) is 5.92 Å². The summed E-state index contributed by atoms with van der Waals surface area (Å²) in [5, 5.41) is 0. The van der Waals surface area contributed by atoms with E-state index in [1.165, 1.54) is 0 Å². The quantitative estimate of drug-likeness (QED) is 0.517. The molecular weight excluding hydrogens is 272 g/mol. The summed E-state index contributed by atoms with van der Waals surface area (Å²) >= 11 is 0. The number of hydrogen-bond acceptors (Lipinski definition) is 1. The maximum atomic E-state index is 13.2. The maximum Gasteiger partial charge on any atom is 0.419 e. The van der Waals surface area contributed by atoms with Crippen LogP contribution in [-0.2, 0) is 6.18 Å². The first-order valence-electron chi connectivity index (χ1n) is 6.72. The molecule has 0 aliphatic carbocycles.